The molecule has 0 aliphatic carbocycles. The Bertz CT molecular complexity index is 535. The van der Waals surface area contributed by atoms with Crippen molar-refractivity contribution in [2.45, 2.75) is 64.3 Å². The first-order chi connectivity index (χ1) is 14.7. The summed E-state index contributed by atoms with van der Waals surface area (Å²) in [4.78, 5) is 34.1. The number of hydrogen-bond donors (Lipinski definition) is 0. The van der Waals surface area contributed by atoms with Gasteiger partial charge in [-0.15, -0.1) is 0 Å². The fourth-order valence-electron chi connectivity index (χ4n) is 4.46. The predicted molar refractivity (Wildman–Crippen MR) is 115 cm³/mol. The van der Waals surface area contributed by atoms with Gasteiger partial charge in [-0.05, 0) is 6.42 Å². The molecule has 3 amide bonds. The highest BCUT2D eigenvalue weighted by Crippen LogP contribution is 2.24. The van der Waals surface area contributed by atoms with Gasteiger partial charge in [0.2, 0.25) is 0 Å². The molecule has 3 rings (SSSR count). The lowest BCUT2D eigenvalue weighted by atomic mass is 10.0. The smallest absolute Gasteiger partial charge is 0.329 e. The third kappa shape index (κ3) is 6.64. The number of carbonyl (C=O) groups is 2. The largest absolute Gasteiger partial charge is 0.379 e. The lowest BCUT2D eigenvalue weighted by molar-refractivity contribution is -0.130. The van der Waals surface area contributed by atoms with Crippen molar-refractivity contribution in [3.63, 3.8) is 0 Å². The van der Waals surface area contributed by atoms with E-state index in [1.807, 2.05) is 4.90 Å². The molecular weight excluding hydrogens is 384 g/mol. The van der Waals surface area contributed by atoms with Gasteiger partial charge in [-0.25, -0.2) is 9.69 Å². The molecule has 0 aromatic rings. The summed E-state index contributed by atoms with van der Waals surface area (Å²) in [5.74, 6) is -0.0225. The van der Waals surface area contributed by atoms with Crippen molar-refractivity contribution >= 4 is 11.9 Å². The van der Waals surface area contributed by atoms with Gasteiger partial charge in [0.15, 0.2) is 0 Å². The molecule has 3 fully saturated rings. The summed E-state index contributed by atoms with van der Waals surface area (Å²) in [5.41, 5.74) is 0. The van der Waals surface area contributed by atoms with Crippen LogP contribution >= 0.6 is 0 Å². The van der Waals surface area contributed by atoms with E-state index in [0.29, 0.717) is 39.8 Å². The van der Waals surface area contributed by atoms with Crippen LogP contribution in [0, 0.1) is 0 Å². The summed E-state index contributed by atoms with van der Waals surface area (Å²) < 4.78 is 10.8. The highest BCUT2D eigenvalue weighted by atomic mass is 16.5. The molecule has 1 unspecified atom stereocenters. The summed E-state index contributed by atoms with van der Waals surface area (Å²) in [6, 6.07) is -0.456. The standard InChI is InChI=1S/C22H40N4O4/c1-2-3-4-5-6-7-8-9-20-21(27)26(19-24-12-16-30-17-13-24)22(28)25(20)18-23-10-14-29-15-11-23/h20H,2-19H2,1H3. The zero-order valence-electron chi connectivity index (χ0n) is 18.7. The van der Waals surface area contributed by atoms with Crippen LogP contribution in [0.5, 0.6) is 0 Å². The monoisotopic (exact) mass is 424 g/mol. The van der Waals surface area contributed by atoms with Crippen LogP contribution in [0.4, 0.5) is 4.79 Å². The molecule has 3 heterocycles. The Morgan fingerprint density at radius 2 is 1.30 bits per heavy atom. The van der Waals surface area contributed by atoms with Crippen LogP contribution in [-0.2, 0) is 14.3 Å². The third-order valence-corrected chi connectivity index (χ3v) is 6.39. The van der Waals surface area contributed by atoms with Crippen LogP contribution in [0.15, 0.2) is 0 Å². The number of rotatable bonds is 12. The summed E-state index contributed by atoms with van der Waals surface area (Å²) in [6.07, 6.45) is 9.25. The van der Waals surface area contributed by atoms with Crippen LogP contribution in [0.1, 0.15) is 58.3 Å². The van der Waals surface area contributed by atoms with Gasteiger partial charge in [0, 0.05) is 26.2 Å². The van der Waals surface area contributed by atoms with Gasteiger partial charge >= 0.3 is 6.03 Å². The van der Waals surface area contributed by atoms with Crippen molar-refractivity contribution in [1.82, 2.24) is 19.6 Å². The summed E-state index contributed by atoms with van der Waals surface area (Å²) in [7, 11) is 0. The molecule has 3 aliphatic heterocycles. The Morgan fingerprint density at radius 1 is 0.767 bits per heavy atom. The first-order valence-corrected chi connectivity index (χ1v) is 11.9. The number of carbonyl (C=O) groups excluding carboxylic acids is 2. The van der Waals surface area contributed by atoms with E-state index in [0.717, 1.165) is 45.4 Å². The Kier molecular flexibility index (Phi) is 9.84. The molecule has 0 aromatic heterocycles. The van der Waals surface area contributed by atoms with E-state index in [1.54, 1.807) is 0 Å². The van der Waals surface area contributed by atoms with Crippen molar-refractivity contribution in [3.8, 4) is 0 Å². The second-order valence-corrected chi connectivity index (χ2v) is 8.69. The molecule has 8 heteroatoms. The zero-order chi connectivity index (χ0) is 21.2. The van der Waals surface area contributed by atoms with Crippen molar-refractivity contribution in [1.29, 1.82) is 0 Å². The Balaban J connectivity index is 1.55. The lowest BCUT2D eigenvalue weighted by Crippen LogP contribution is -2.49. The Labute approximate surface area is 181 Å². The maximum Gasteiger partial charge on any atom is 0.329 e. The number of unbranched alkanes of at least 4 members (excludes halogenated alkanes) is 6. The zero-order valence-corrected chi connectivity index (χ0v) is 18.7. The van der Waals surface area contributed by atoms with Gasteiger partial charge in [0.1, 0.15) is 6.04 Å². The Hall–Kier alpha value is -1.22. The van der Waals surface area contributed by atoms with Gasteiger partial charge in [-0.2, -0.15) is 0 Å². The molecule has 0 saturated carbocycles. The minimum atomic E-state index is -0.322. The van der Waals surface area contributed by atoms with E-state index in [-0.39, 0.29) is 18.0 Å². The molecule has 1 atom stereocenters. The van der Waals surface area contributed by atoms with Crippen molar-refractivity contribution in [3.05, 3.63) is 0 Å². The molecule has 3 aliphatic rings. The first kappa shape index (κ1) is 23.4. The van der Waals surface area contributed by atoms with Crippen LogP contribution < -0.4 is 0 Å². The van der Waals surface area contributed by atoms with Crippen LogP contribution in [0.25, 0.3) is 0 Å². The maximum atomic E-state index is 13.2. The number of urea groups is 1. The minimum Gasteiger partial charge on any atom is -0.379 e. The molecule has 8 nitrogen and oxygen atoms in total. The second-order valence-electron chi connectivity index (χ2n) is 8.69. The van der Waals surface area contributed by atoms with E-state index < -0.39 is 0 Å². The fraction of sp³-hybridized carbons (Fsp3) is 0.909. The number of amides is 3. The lowest BCUT2D eigenvalue weighted by Gasteiger charge is -2.33. The SMILES string of the molecule is CCCCCCCCCC1C(=O)N(CN2CCOCC2)C(=O)N1CN1CCOCC1. The summed E-state index contributed by atoms with van der Waals surface area (Å²) in [5, 5.41) is 0. The quantitative estimate of drug-likeness (QED) is 0.354. The van der Waals surface area contributed by atoms with E-state index in [9.17, 15) is 9.59 Å². The number of morpholine rings is 2. The molecule has 172 valence electrons. The van der Waals surface area contributed by atoms with Gasteiger partial charge < -0.3 is 9.47 Å². The van der Waals surface area contributed by atoms with Gasteiger partial charge in [-0.1, -0.05) is 51.9 Å². The molecule has 0 spiro atoms. The van der Waals surface area contributed by atoms with Crippen molar-refractivity contribution in [2.24, 2.45) is 0 Å². The van der Waals surface area contributed by atoms with Crippen LogP contribution in [-0.4, -0.2) is 104 Å². The van der Waals surface area contributed by atoms with E-state index in [2.05, 4.69) is 16.7 Å². The van der Waals surface area contributed by atoms with Crippen molar-refractivity contribution < 1.29 is 19.1 Å². The highest BCUT2D eigenvalue weighted by Gasteiger charge is 2.45. The van der Waals surface area contributed by atoms with Gasteiger partial charge in [-0.3, -0.25) is 19.5 Å². The van der Waals surface area contributed by atoms with Crippen LogP contribution in [0.2, 0.25) is 0 Å². The molecule has 3 saturated heterocycles. The topological polar surface area (TPSA) is 65.6 Å². The van der Waals surface area contributed by atoms with Gasteiger partial charge in [0.25, 0.3) is 5.91 Å². The first-order valence-electron chi connectivity index (χ1n) is 11.9. The summed E-state index contributed by atoms with van der Waals surface area (Å²) >= 11 is 0. The summed E-state index contributed by atoms with van der Waals surface area (Å²) in [6.45, 7) is 9.00. The maximum absolute atomic E-state index is 13.2. The van der Waals surface area contributed by atoms with Gasteiger partial charge in [0.05, 0.1) is 39.8 Å². The van der Waals surface area contributed by atoms with Crippen molar-refractivity contribution in [2.75, 3.05) is 65.9 Å². The number of hydrogen-bond acceptors (Lipinski definition) is 6. The third-order valence-electron chi connectivity index (χ3n) is 6.39. The molecule has 0 radical (unpaired) electrons. The molecule has 30 heavy (non-hydrogen) atoms. The highest BCUT2D eigenvalue weighted by molar-refractivity contribution is 6.04. The molecular formula is C22H40N4O4. The Morgan fingerprint density at radius 3 is 1.90 bits per heavy atom. The number of imide groups is 1. The molecule has 0 aromatic carbocycles. The van der Waals surface area contributed by atoms with Crippen LogP contribution in [0.3, 0.4) is 0 Å². The number of ether oxygens (including phenoxy) is 2. The molecule has 0 bridgehead atoms. The fourth-order valence-corrected chi connectivity index (χ4v) is 4.46. The number of nitrogens with zero attached hydrogens (tertiary/aromatic N) is 4. The van der Waals surface area contributed by atoms with E-state index in [4.69, 9.17) is 9.47 Å². The second kappa shape index (κ2) is 12.6. The average molecular weight is 425 g/mol. The minimum absolute atomic E-state index is 0.0225. The predicted octanol–water partition coefficient (Wildman–Crippen LogP) is 2.34. The molecule has 0 N–H and O–H groups in total. The average Bonchev–Trinajstić information content (AvgIpc) is 2.99. The normalized spacial score (nSPS) is 24.2. The van der Waals surface area contributed by atoms with E-state index >= 15 is 0 Å². The van der Waals surface area contributed by atoms with E-state index in [1.165, 1.54) is 37.0 Å².